The fourth-order valence-electron chi connectivity index (χ4n) is 3.68. The maximum absolute atomic E-state index is 4.79. The molecular weight excluding hydrogens is 304 g/mol. The summed E-state index contributed by atoms with van der Waals surface area (Å²) in [4.78, 5) is 18.8. The summed E-state index contributed by atoms with van der Waals surface area (Å²) < 4.78 is 0. The standard InChI is InChI=1S/C16H28N8/c1-2-4-13(3-1)19-14-20-15(23-9-5-17-6-10-23)22-16(21-14)24-11-7-18-8-12-24/h13,17-18H,1-12H2,(H,19,20,21,22). The summed E-state index contributed by atoms with van der Waals surface area (Å²) in [6.07, 6.45) is 5.05. The van der Waals surface area contributed by atoms with Crippen molar-refractivity contribution < 1.29 is 0 Å². The molecule has 8 nitrogen and oxygen atoms in total. The smallest absolute Gasteiger partial charge is 0.232 e. The SMILES string of the molecule is C1CCC(Nc2nc(N3CCNCC3)nc(N3CCNCC3)n2)C1. The Balaban J connectivity index is 1.58. The number of piperazine rings is 2. The van der Waals surface area contributed by atoms with Gasteiger partial charge in [0.15, 0.2) is 0 Å². The lowest BCUT2D eigenvalue weighted by Gasteiger charge is -2.31. The van der Waals surface area contributed by atoms with Crippen molar-refractivity contribution in [3.05, 3.63) is 0 Å². The number of nitrogens with zero attached hydrogens (tertiary/aromatic N) is 5. The zero-order valence-electron chi connectivity index (χ0n) is 14.3. The van der Waals surface area contributed by atoms with Crippen molar-refractivity contribution in [3.63, 3.8) is 0 Å². The van der Waals surface area contributed by atoms with Crippen LogP contribution in [0, 0.1) is 0 Å². The Morgan fingerprint density at radius 1 is 0.750 bits per heavy atom. The molecule has 132 valence electrons. The maximum Gasteiger partial charge on any atom is 0.232 e. The molecule has 1 saturated carbocycles. The highest BCUT2D eigenvalue weighted by molar-refractivity contribution is 5.46. The summed E-state index contributed by atoms with van der Waals surface area (Å²) in [5, 5.41) is 10.3. The van der Waals surface area contributed by atoms with Gasteiger partial charge in [-0.1, -0.05) is 12.8 Å². The van der Waals surface area contributed by atoms with Gasteiger partial charge in [-0.3, -0.25) is 0 Å². The Morgan fingerprint density at radius 2 is 1.25 bits per heavy atom. The summed E-state index contributed by atoms with van der Waals surface area (Å²) >= 11 is 0. The zero-order valence-corrected chi connectivity index (χ0v) is 14.3. The van der Waals surface area contributed by atoms with Crippen molar-refractivity contribution in [3.8, 4) is 0 Å². The summed E-state index contributed by atoms with van der Waals surface area (Å²) in [6, 6.07) is 0.513. The van der Waals surface area contributed by atoms with E-state index in [1.54, 1.807) is 0 Å². The number of rotatable bonds is 4. The van der Waals surface area contributed by atoms with Gasteiger partial charge in [-0.05, 0) is 12.8 Å². The van der Waals surface area contributed by atoms with Gasteiger partial charge in [-0.15, -0.1) is 0 Å². The largest absolute Gasteiger partial charge is 0.351 e. The number of hydrogen-bond donors (Lipinski definition) is 3. The van der Waals surface area contributed by atoms with Gasteiger partial charge in [0.25, 0.3) is 0 Å². The molecule has 0 aromatic carbocycles. The van der Waals surface area contributed by atoms with Crippen molar-refractivity contribution in [2.75, 3.05) is 67.5 Å². The van der Waals surface area contributed by atoms with Gasteiger partial charge in [0.05, 0.1) is 0 Å². The molecule has 1 aromatic heterocycles. The first-order valence-electron chi connectivity index (χ1n) is 9.32. The van der Waals surface area contributed by atoms with Crippen molar-refractivity contribution in [2.24, 2.45) is 0 Å². The summed E-state index contributed by atoms with van der Waals surface area (Å²) in [6.45, 7) is 7.75. The molecule has 4 rings (SSSR count). The molecular formula is C16H28N8. The van der Waals surface area contributed by atoms with Crippen LogP contribution in [0.3, 0.4) is 0 Å². The van der Waals surface area contributed by atoms with E-state index in [0.717, 1.165) is 70.2 Å². The molecule has 3 fully saturated rings. The number of anilines is 3. The minimum atomic E-state index is 0.513. The van der Waals surface area contributed by atoms with Crippen molar-refractivity contribution >= 4 is 17.8 Å². The monoisotopic (exact) mass is 332 g/mol. The second-order valence-corrected chi connectivity index (χ2v) is 6.86. The molecule has 1 aromatic rings. The molecule has 0 bridgehead atoms. The van der Waals surface area contributed by atoms with Crippen LogP contribution >= 0.6 is 0 Å². The Kier molecular flexibility index (Phi) is 4.94. The second-order valence-electron chi connectivity index (χ2n) is 6.86. The third-order valence-electron chi connectivity index (χ3n) is 5.10. The van der Waals surface area contributed by atoms with E-state index in [1.165, 1.54) is 25.7 Å². The third kappa shape index (κ3) is 3.70. The van der Waals surface area contributed by atoms with E-state index >= 15 is 0 Å². The van der Waals surface area contributed by atoms with Crippen LogP contribution in [0.2, 0.25) is 0 Å². The van der Waals surface area contributed by atoms with E-state index < -0.39 is 0 Å². The van der Waals surface area contributed by atoms with Gasteiger partial charge >= 0.3 is 0 Å². The predicted molar refractivity (Wildman–Crippen MR) is 95.9 cm³/mol. The molecule has 1 aliphatic carbocycles. The third-order valence-corrected chi connectivity index (χ3v) is 5.10. The molecule has 2 saturated heterocycles. The zero-order chi connectivity index (χ0) is 16.2. The number of aromatic nitrogens is 3. The van der Waals surface area contributed by atoms with Crippen LogP contribution in [0.5, 0.6) is 0 Å². The van der Waals surface area contributed by atoms with Crippen LogP contribution in [0.4, 0.5) is 17.8 Å². The molecule has 3 N–H and O–H groups in total. The Labute approximate surface area is 143 Å². The van der Waals surface area contributed by atoms with Gasteiger partial charge in [0.1, 0.15) is 0 Å². The molecule has 0 amide bonds. The molecule has 24 heavy (non-hydrogen) atoms. The fourth-order valence-corrected chi connectivity index (χ4v) is 3.68. The fraction of sp³-hybridized carbons (Fsp3) is 0.812. The van der Waals surface area contributed by atoms with Crippen molar-refractivity contribution in [1.82, 2.24) is 25.6 Å². The lowest BCUT2D eigenvalue weighted by atomic mass is 10.2. The molecule has 0 atom stereocenters. The Hall–Kier alpha value is -1.67. The van der Waals surface area contributed by atoms with Crippen LogP contribution in [0.1, 0.15) is 25.7 Å². The minimum Gasteiger partial charge on any atom is -0.351 e. The lowest BCUT2D eigenvalue weighted by Crippen LogP contribution is -2.46. The first-order valence-corrected chi connectivity index (χ1v) is 9.32. The highest BCUT2D eigenvalue weighted by Gasteiger charge is 2.22. The highest BCUT2D eigenvalue weighted by Crippen LogP contribution is 2.23. The maximum atomic E-state index is 4.79. The van der Waals surface area contributed by atoms with Crippen LogP contribution in [-0.4, -0.2) is 73.4 Å². The van der Waals surface area contributed by atoms with E-state index in [0.29, 0.717) is 6.04 Å². The van der Waals surface area contributed by atoms with Gasteiger partial charge in [0.2, 0.25) is 17.8 Å². The molecule has 2 aliphatic heterocycles. The van der Waals surface area contributed by atoms with Crippen LogP contribution in [0.15, 0.2) is 0 Å². The van der Waals surface area contributed by atoms with Crippen LogP contribution in [-0.2, 0) is 0 Å². The Bertz CT molecular complexity index is 497. The van der Waals surface area contributed by atoms with Gasteiger partial charge in [0, 0.05) is 58.4 Å². The van der Waals surface area contributed by atoms with Crippen LogP contribution < -0.4 is 25.8 Å². The van der Waals surface area contributed by atoms with E-state index in [1.807, 2.05) is 0 Å². The summed E-state index contributed by atoms with van der Waals surface area (Å²) in [5.41, 5.74) is 0. The average molecular weight is 332 g/mol. The first kappa shape index (κ1) is 15.8. The summed E-state index contributed by atoms with van der Waals surface area (Å²) in [5.74, 6) is 2.39. The molecule has 3 heterocycles. The van der Waals surface area contributed by atoms with Crippen molar-refractivity contribution in [2.45, 2.75) is 31.7 Å². The topological polar surface area (TPSA) is 81.2 Å². The molecule has 0 unspecified atom stereocenters. The second kappa shape index (κ2) is 7.48. The average Bonchev–Trinajstić information content (AvgIpc) is 3.16. The van der Waals surface area contributed by atoms with Gasteiger partial charge in [-0.2, -0.15) is 15.0 Å². The quantitative estimate of drug-likeness (QED) is 0.713. The van der Waals surface area contributed by atoms with E-state index in [9.17, 15) is 0 Å². The highest BCUT2D eigenvalue weighted by atomic mass is 15.4. The molecule has 8 heteroatoms. The molecule has 3 aliphatic rings. The molecule has 0 radical (unpaired) electrons. The van der Waals surface area contributed by atoms with E-state index in [-0.39, 0.29) is 0 Å². The normalized spacial score (nSPS) is 22.8. The molecule has 0 spiro atoms. The minimum absolute atomic E-state index is 0.513. The lowest BCUT2D eigenvalue weighted by molar-refractivity contribution is 0.567. The summed E-state index contributed by atoms with van der Waals surface area (Å²) in [7, 11) is 0. The number of nitrogens with one attached hydrogen (secondary N) is 3. The van der Waals surface area contributed by atoms with E-state index in [4.69, 9.17) is 15.0 Å². The van der Waals surface area contributed by atoms with Gasteiger partial charge in [-0.25, -0.2) is 0 Å². The first-order chi connectivity index (χ1) is 11.9. The number of hydrogen-bond acceptors (Lipinski definition) is 8. The Morgan fingerprint density at radius 3 is 1.75 bits per heavy atom. The van der Waals surface area contributed by atoms with Crippen LogP contribution in [0.25, 0.3) is 0 Å². The predicted octanol–water partition coefficient (Wildman–Crippen LogP) is 0.0453. The van der Waals surface area contributed by atoms with Crippen molar-refractivity contribution in [1.29, 1.82) is 0 Å². The van der Waals surface area contributed by atoms with E-state index in [2.05, 4.69) is 25.8 Å². The van der Waals surface area contributed by atoms with Gasteiger partial charge < -0.3 is 25.8 Å².